The quantitative estimate of drug-likeness (QED) is 0.492. The average molecular weight is 289 g/mol. The van der Waals surface area contributed by atoms with Gasteiger partial charge in [-0.05, 0) is 6.42 Å². The Morgan fingerprint density at radius 3 is 2.68 bits per heavy atom. The molecule has 104 valence electrons. The number of benzene rings is 1. The third kappa shape index (κ3) is 3.57. The number of methoxy groups -OCH3 is 1. The van der Waals surface area contributed by atoms with Gasteiger partial charge in [-0.3, -0.25) is 14.9 Å². The molecule has 0 aliphatic carbocycles. The smallest absolute Gasteiger partial charge is 0.316 e. The lowest BCUT2D eigenvalue weighted by molar-refractivity contribution is -0.387. The van der Waals surface area contributed by atoms with Gasteiger partial charge in [0.2, 0.25) is 0 Å². The highest BCUT2D eigenvalue weighted by Gasteiger charge is 2.25. The Morgan fingerprint density at radius 1 is 1.63 bits per heavy atom. The van der Waals surface area contributed by atoms with Crippen LogP contribution >= 0.6 is 11.8 Å². The summed E-state index contributed by atoms with van der Waals surface area (Å²) in [5.74, 6) is -2.10. The summed E-state index contributed by atoms with van der Waals surface area (Å²) in [4.78, 5) is 21.1. The molecule has 0 aliphatic rings. The number of nitro groups is 1. The number of aliphatic carboxylic acids is 1. The molecule has 1 unspecified atom stereocenters. The van der Waals surface area contributed by atoms with Crippen molar-refractivity contribution in [2.24, 2.45) is 0 Å². The predicted octanol–water partition coefficient (Wildman–Crippen LogP) is 2.70. The van der Waals surface area contributed by atoms with Crippen LogP contribution in [0.2, 0.25) is 0 Å². The highest BCUT2D eigenvalue weighted by molar-refractivity contribution is 8.00. The number of halogens is 1. The van der Waals surface area contributed by atoms with Gasteiger partial charge >= 0.3 is 5.97 Å². The second-order valence-corrected chi connectivity index (χ2v) is 4.81. The van der Waals surface area contributed by atoms with Gasteiger partial charge in [0.1, 0.15) is 5.25 Å². The van der Waals surface area contributed by atoms with Crippen molar-refractivity contribution in [3.05, 3.63) is 28.1 Å². The Kier molecular flexibility index (Phi) is 5.11. The number of rotatable bonds is 6. The maximum absolute atomic E-state index is 13.4. The monoisotopic (exact) mass is 289 g/mol. The Bertz CT molecular complexity index is 508. The van der Waals surface area contributed by atoms with Gasteiger partial charge in [0.15, 0.2) is 11.6 Å². The summed E-state index contributed by atoms with van der Waals surface area (Å²) in [5, 5.41) is 19.0. The van der Waals surface area contributed by atoms with Crippen molar-refractivity contribution >= 4 is 23.4 Å². The lowest BCUT2D eigenvalue weighted by Crippen LogP contribution is -2.15. The van der Waals surface area contributed by atoms with E-state index < -0.39 is 27.6 Å². The summed E-state index contributed by atoms with van der Waals surface area (Å²) in [7, 11) is 1.23. The van der Waals surface area contributed by atoms with Crippen LogP contribution < -0.4 is 4.74 Å². The van der Waals surface area contributed by atoms with Gasteiger partial charge in [-0.25, -0.2) is 4.39 Å². The van der Waals surface area contributed by atoms with Gasteiger partial charge < -0.3 is 9.84 Å². The number of hydrogen-bond donors (Lipinski definition) is 1. The van der Waals surface area contributed by atoms with E-state index in [9.17, 15) is 19.3 Å². The fourth-order valence-electron chi connectivity index (χ4n) is 1.38. The number of ether oxygens (including phenoxy) is 1. The minimum absolute atomic E-state index is 0.0671. The van der Waals surface area contributed by atoms with E-state index in [0.717, 1.165) is 23.9 Å². The van der Waals surface area contributed by atoms with Gasteiger partial charge in [-0.2, -0.15) is 0 Å². The van der Waals surface area contributed by atoms with Crippen molar-refractivity contribution in [1.29, 1.82) is 0 Å². The molecule has 0 heterocycles. The van der Waals surface area contributed by atoms with E-state index in [0.29, 0.717) is 0 Å². The van der Waals surface area contributed by atoms with Gasteiger partial charge in [0, 0.05) is 6.07 Å². The molecular formula is C11H12FNO5S. The van der Waals surface area contributed by atoms with Gasteiger partial charge in [-0.1, -0.05) is 6.92 Å². The first-order valence-electron chi connectivity index (χ1n) is 5.32. The van der Waals surface area contributed by atoms with Crippen LogP contribution in [-0.2, 0) is 4.79 Å². The highest BCUT2D eigenvalue weighted by Crippen LogP contribution is 2.37. The first kappa shape index (κ1) is 15.2. The van der Waals surface area contributed by atoms with Crippen LogP contribution in [0.3, 0.4) is 0 Å². The second-order valence-electron chi connectivity index (χ2n) is 3.56. The number of carboxylic acid groups (broad SMARTS) is 1. The molecule has 1 atom stereocenters. The standard InChI is InChI=1S/C11H12FNO5S/c1-3-9(11(14)15)19-10-5-8(18-2)6(12)4-7(10)13(16)17/h4-5,9H,3H2,1-2H3,(H,14,15). The van der Waals surface area contributed by atoms with Gasteiger partial charge in [0.25, 0.3) is 5.69 Å². The van der Waals surface area contributed by atoms with Gasteiger partial charge in [0.05, 0.1) is 23.0 Å². The Labute approximate surface area is 112 Å². The fourth-order valence-corrected chi connectivity index (χ4v) is 2.38. The molecule has 1 rings (SSSR count). The number of carboxylic acids is 1. The molecule has 0 fully saturated rings. The van der Waals surface area contributed by atoms with E-state index in [1.807, 2.05) is 0 Å². The summed E-state index contributed by atoms with van der Waals surface area (Å²) in [6.07, 6.45) is 0.289. The van der Waals surface area contributed by atoms with Crippen LogP contribution in [0.15, 0.2) is 17.0 Å². The van der Waals surface area contributed by atoms with Crippen LogP contribution in [0.4, 0.5) is 10.1 Å². The normalized spacial score (nSPS) is 11.9. The first-order chi connectivity index (χ1) is 8.90. The number of carbonyl (C=O) groups is 1. The fraction of sp³-hybridized carbons (Fsp3) is 0.364. The Hall–Kier alpha value is -1.83. The summed E-state index contributed by atoms with van der Waals surface area (Å²) in [5.41, 5.74) is -0.469. The van der Waals surface area contributed by atoms with Crippen molar-refractivity contribution in [3.8, 4) is 5.75 Å². The van der Waals surface area contributed by atoms with Crippen LogP contribution in [0.5, 0.6) is 5.75 Å². The summed E-state index contributed by atoms with van der Waals surface area (Å²) >= 11 is 0.802. The van der Waals surface area contributed by atoms with Crippen molar-refractivity contribution in [2.75, 3.05) is 7.11 Å². The molecule has 1 N–H and O–H groups in total. The van der Waals surface area contributed by atoms with Crippen molar-refractivity contribution in [1.82, 2.24) is 0 Å². The molecule has 19 heavy (non-hydrogen) atoms. The van der Waals surface area contributed by atoms with Crippen LogP contribution in [-0.4, -0.2) is 28.4 Å². The van der Waals surface area contributed by atoms with Gasteiger partial charge in [-0.15, -0.1) is 11.8 Å². The van der Waals surface area contributed by atoms with Crippen LogP contribution in [0.1, 0.15) is 13.3 Å². The number of nitro benzene ring substituents is 1. The maximum atomic E-state index is 13.4. The number of nitrogens with zero attached hydrogens (tertiary/aromatic N) is 1. The molecule has 0 aliphatic heterocycles. The van der Waals surface area contributed by atoms with E-state index >= 15 is 0 Å². The van der Waals surface area contributed by atoms with E-state index in [-0.39, 0.29) is 17.1 Å². The number of hydrogen-bond acceptors (Lipinski definition) is 5. The molecule has 6 nitrogen and oxygen atoms in total. The summed E-state index contributed by atoms with van der Waals surface area (Å²) in [6.45, 7) is 1.65. The predicted molar refractivity (Wildman–Crippen MR) is 67.2 cm³/mol. The zero-order chi connectivity index (χ0) is 14.6. The molecule has 0 saturated heterocycles. The minimum Gasteiger partial charge on any atom is -0.494 e. The third-order valence-corrected chi connectivity index (χ3v) is 3.75. The van der Waals surface area contributed by atoms with E-state index in [2.05, 4.69) is 0 Å². The first-order valence-corrected chi connectivity index (χ1v) is 6.20. The van der Waals surface area contributed by atoms with E-state index in [1.54, 1.807) is 6.92 Å². The molecule has 0 aromatic heterocycles. The van der Waals surface area contributed by atoms with Crippen LogP contribution in [0.25, 0.3) is 0 Å². The maximum Gasteiger partial charge on any atom is 0.316 e. The van der Waals surface area contributed by atoms with Crippen molar-refractivity contribution in [3.63, 3.8) is 0 Å². The van der Waals surface area contributed by atoms with E-state index in [4.69, 9.17) is 9.84 Å². The minimum atomic E-state index is -1.08. The topological polar surface area (TPSA) is 89.7 Å². The molecule has 1 aromatic carbocycles. The summed E-state index contributed by atoms with van der Waals surface area (Å²) < 4.78 is 18.2. The van der Waals surface area contributed by atoms with Crippen LogP contribution in [0, 0.1) is 15.9 Å². The molecule has 0 amide bonds. The van der Waals surface area contributed by atoms with Crippen molar-refractivity contribution < 1.29 is 24.0 Å². The average Bonchev–Trinajstić information content (AvgIpc) is 2.36. The third-order valence-electron chi connectivity index (χ3n) is 2.35. The second kappa shape index (κ2) is 6.37. The zero-order valence-electron chi connectivity index (χ0n) is 10.3. The molecule has 0 radical (unpaired) electrons. The molecular weight excluding hydrogens is 277 g/mol. The molecule has 0 saturated carbocycles. The number of thioether (sulfide) groups is 1. The summed E-state index contributed by atoms with van der Waals surface area (Å²) in [6, 6.07) is 1.87. The Balaban J connectivity index is 3.23. The molecule has 8 heteroatoms. The Morgan fingerprint density at radius 2 is 2.26 bits per heavy atom. The lowest BCUT2D eigenvalue weighted by Gasteiger charge is -2.11. The SMILES string of the molecule is CCC(Sc1cc(OC)c(F)cc1[N+](=O)[O-])C(=O)O. The highest BCUT2D eigenvalue weighted by atomic mass is 32.2. The molecule has 0 spiro atoms. The largest absolute Gasteiger partial charge is 0.494 e. The molecule has 1 aromatic rings. The zero-order valence-corrected chi connectivity index (χ0v) is 11.1. The molecule has 0 bridgehead atoms. The van der Waals surface area contributed by atoms with E-state index in [1.165, 1.54) is 7.11 Å². The lowest BCUT2D eigenvalue weighted by atomic mass is 10.3. The van der Waals surface area contributed by atoms with Crippen molar-refractivity contribution in [2.45, 2.75) is 23.5 Å².